The van der Waals surface area contributed by atoms with Crippen molar-refractivity contribution in [3.63, 3.8) is 0 Å². The molecule has 0 saturated heterocycles. The predicted octanol–water partition coefficient (Wildman–Crippen LogP) is 8.97. The van der Waals surface area contributed by atoms with Crippen LogP contribution in [0, 0.1) is 37.8 Å². The van der Waals surface area contributed by atoms with Crippen molar-refractivity contribution in [1.82, 2.24) is 0 Å². The van der Waals surface area contributed by atoms with Gasteiger partial charge >= 0.3 is 0 Å². The first-order valence-electron chi connectivity index (χ1n) is 9.36. The van der Waals surface area contributed by atoms with E-state index in [-0.39, 0.29) is 63.2 Å². The largest absolute Gasteiger partial charge is 0.358 e. The van der Waals surface area contributed by atoms with Gasteiger partial charge in [-0.3, -0.25) is 6.08 Å². The van der Waals surface area contributed by atoms with Gasteiger partial charge in [-0.15, -0.1) is 43.6 Å². The third-order valence-corrected chi connectivity index (χ3v) is 3.01. The summed E-state index contributed by atoms with van der Waals surface area (Å²) >= 11 is 0. The van der Waals surface area contributed by atoms with Gasteiger partial charge in [-0.2, -0.15) is 152 Å². The average molecular weight is 549 g/mol. The van der Waals surface area contributed by atoms with Crippen LogP contribution in [0.15, 0.2) is 140 Å². The van der Waals surface area contributed by atoms with Gasteiger partial charge in [-0.25, -0.2) is 12.2 Å². The maximum absolute atomic E-state index is 2.99. The van der Waals surface area contributed by atoms with E-state index in [4.69, 9.17) is 0 Å². The van der Waals surface area contributed by atoms with Crippen LogP contribution >= 0.6 is 37.2 Å². The van der Waals surface area contributed by atoms with Crippen LogP contribution in [-0.2, 0) is 18.6 Å². The van der Waals surface area contributed by atoms with Gasteiger partial charge in [-0.1, -0.05) is 0 Å². The molecule has 0 bridgehead atoms. The molecule has 4 heteroatoms. The summed E-state index contributed by atoms with van der Waals surface area (Å²) in [5.74, 6) is 0. The Morgan fingerprint density at radius 2 is 0.676 bits per heavy atom. The Morgan fingerprint density at radius 1 is 0.412 bits per heavy atom. The molecule has 4 aromatic rings. The van der Waals surface area contributed by atoms with E-state index in [1.165, 1.54) is 0 Å². The van der Waals surface area contributed by atoms with E-state index in [1.54, 1.807) is 0 Å². The van der Waals surface area contributed by atoms with Crippen LogP contribution < -0.4 is 0 Å². The summed E-state index contributed by atoms with van der Waals surface area (Å²) in [6.45, 7) is 0. The Balaban J connectivity index is -0.0000000995. The first kappa shape index (κ1) is 42.0. The summed E-state index contributed by atoms with van der Waals surface area (Å²) in [6.07, 6.45) is 10.0. The fourth-order valence-corrected chi connectivity index (χ4v) is 1.71. The first-order valence-corrected chi connectivity index (χ1v) is 9.36. The molecule has 5 rings (SSSR count). The van der Waals surface area contributed by atoms with Gasteiger partial charge in [0.15, 0.2) is 0 Å². The van der Waals surface area contributed by atoms with Crippen molar-refractivity contribution in [3.8, 4) is 0 Å². The Kier molecular flexibility index (Phi) is 47.1. The zero-order valence-electron chi connectivity index (χ0n) is 19.2. The van der Waals surface area contributed by atoms with E-state index < -0.39 is 0 Å². The predicted molar refractivity (Wildman–Crippen MR) is 151 cm³/mol. The maximum Gasteiger partial charge on any atom is 0 e. The Labute approximate surface area is 238 Å². The van der Waals surface area contributed by atoms with E-state index in [9.17, 15) is 0 Å². The van der Waals surface area contributed by atoms with E-state index in [2.05, 4.69) is 36.4 Å². The molecule has 183 valence electrons. The maximum atomic E-state index is 2.99. The number of hydrogen-bond donors (Lipinski definition) is 0. The third-order valence-electron chi connectivity index (χ3n) is 3.01. The number of rotatable bonds is 0. The Bertz CT molecular complexity index is 583. The van der Waals surface area contributed by atoms with Crippen LogP contribution in [0.1, 0.15) is 6.42 Å². The molecule has 34 heavy (non-hydrogen) atoms. The summed E-state index contributed by atoms with van der Waals surface area (Å²) in [5, 5.41) is 0. The van der Waals surface area contributed by atoms with Crippen LogP contribution in [-0.4, -0.2) is 0 Å². The Hall–Kier alpha value is -2.19. The van der Waals surface area contributed by atoms with Gasteiger partial charge < -0.3 is 7.43 Å². The molecule has 0 spiro atoms. The topological polar surface area (TPSA) is 0 Å². The normalized spacial score (nSPS) is 8.24. The van der Waals surface area contributed by atoms with Crippen molar-refractivity contribution in [2.24, 2.45) is 0 Å². The zero-order chi connectivity index (χ0) is 20.5. The first-order chi connectivity index (χ1) is 14.5. The molecule has 0 fully saturated rings. The molecule has 0 nitrogen and oxygen atoms in total. The number of benzene rings is 4. The van der Waals surface area contributed by atoms with Crippen LogP contribution in [0.4, 0.5) is 0 Å². The minimum absolute atomic E-state index is 0. The van der Waals surface area contributed by atoms with Gasteiger partial charge in [0.25, 0.3) is 0 Å². The molecule has 0 unspecified atom stereocenters. The molecule has 1 aliphatic rings. The molecule has 4 aromatic carbocycles. The van der Waals surface area contributed by atoms with Crippen LogP contribution in [0.5, 0.6) is 0 Å². The quantitative estimate of drug-likeness (QED) is 0.192. The standard InChI is InChI=1S/4C6H5.C5H5.CH3.3ClH.V/c4*1-2-4-6-5-3-1;1-2-4-5-3-1;;;;;/h4*1-5H;1-3H,4H2;1H3;3*1H;/q6*-1;;;;. The zero-order valence-corrected chi connectivity index (χ0v) is 23.0. The van der Waals surface area contributed by atoms with Crippen LogP contribution in [0.3, 0.4) is 0 Å². The number of hydrogen-bond acceptors (Lipinski definition) is 0. The van der Waals surface area contributed by atoms with Crippen molar-refractivity contribution in [3.05, 3.63) is 177 Å². The molecule has 0 saturated carbocycles. The molecule has 1 aliphatic carbocycles. The summed E-state index contributed by atoms with van der Waals surface area (Å²) in [7, 11) is 0. The molecule has 0 aromatic heterocycles. The second kappa shape index (κ2) is 38.1. The van der Waals surface area contributed by atoms with E-state index in [1.807, 2.05) is 133 Å². The van der Waals surface area contributed by atoms with E-state index in [0.717, 1.165) is 6.42 Å². The smallest absolute Gasteiger partial charge is 0 e. The van der Waals surface area contributed by atoms with Crippen molar-refractivity contribution < 1.29 is 18.6 Å². The van der Waals surface area contributed by atoms with Gasteiger partial charge in [0, 0.05) is 18.6 Å². The van der Waals surface area contributed by atoms with Crippen molar-refractivity contribution in [2.75, 3.05) is 0 Å². The average Bonchev–Trinajstić information content (AvgIpc) is 3.45. The second-order valence-corrected chi connectivity index (χ2v) is 5.31. The summed E-state index contributed by atoms with van der Waals surface area (Å²) < 4.78 is 0. The number of halogens is 3. The van der Waals surface area contributed by atoms with Gasteiger partial charge in [0.1, 0.15) is 0 Å². The molecule has 0 amide bonds. The third kappa shape index (κ3) is 34.4. The monoisotopic (exact) mass is 547 g/mol. The van der Waals surface area contributed by atoms with Crippen molar-refractivity contribution in [1.29, 1.82) is 0 Å². The fraction of sp³-hybridized carbons (Fsp3) is 0.0333. The van der Waals surface area contributed by atoms with E-state index in [0.29, 0.717) is 0 Å². The number of allylic oxidation sites excluding steroid dienone is 4. The van der Waals surface area contributed by atoms with Gasteiger partial charge in [-0.05, 0) is 0 Å². The second-order valence-electron chi connectivity index (χ2n) is 5.31. The summed E-state index contributed by atoms with van der Waals surface area (Å²) in [5.41, 5.74) is 0. The summed E-state index contributed by atoms with van der Waals surface area (Å²) in [6, 6.07) is 50.0. The molecular weight excluding hydrogens is 518 g/mol. The molecule has 0 heterocycles. The molecule has 0 atom stereocenters. The molecule has 0 N–H and O–H groups in total. The minimum Gasteiger partial charge on any atom is -0.358 e. The van der Waals surface area contributed by atoms with Crippen LogP contribution in [0.25, 0.3) is 0 Å². The Morgan fingerprint density at radius 3 is 0.735 bits per heavy atom. The summed E-state index contributed by atoms with van der Waals surface area (Å²) in [4.78, 5) is 0. The fourth-order valence-electron chi connectivity index (χ4n) is 1.71. The molecular formula is C30H31Cl3V-6. The van der Waals surface area contributed by atoms with Crippen LogP contribution in [0.2, 0.25) is 0 Å². The minimum atomic E-state index is 0. The van der Waals surface area contributed by atoms with E-state index >= 15 is 0 Å². The van der Waals surface area contributed by atoms with Gasteiger partial charge in [0.05, 0.1) is 0 Å². The van der Waals surface area contributed by atoms with Crippen molar-refractivity contribution >= 4 is 37.2 Å². The van der Waals surface area contributed by atoms with Gasteiger partial charge in [0.2, 0.25) is 0 Å². The molecule has 0 aliphatic heterocycles. The SMILES string of the molecule is Cl.Cl.Cl.[C-]1=CC=CC1.[CH3-].[V].[c-]1ccccc1.[c-]1ccccc1.[c-]1ccccc1.[c-]1ccccc1. The molecule has 1 radical (unpaired) electrons. The van der Waals surface area contributed by atoms with Crippen molar-refractivity contribution in [2.45, 2.75) is 6.42 Å².